The summed E-state index contributed by atoms with van der Waals surface area (Å²) in [6.07, 6.45) is -2.34. The third-order valence-electron chi connectivity index (χ3n) is 1.92. The van der Waals surface area contributed by atoms with Gasteiger partial charge in [0.15, 0.2) is 5.82 Å². The minimum atomic E-state index is -4.65. The van der Waals surface area contributed by atoms with Gasteiger partial charge >= 0.3 is 6.18 Å². The van der Waals surface area contributed by atoms with Crippen LogP contribution in [0.4, 0.5) is 17.6 Å². The quantitative estimate of drug-likeness (QED) is 0.676. The van der Waals surface area contributed by atoms with E-state index in [0.717, 1.165) is 17.1 Å². The molecule has 18 heavy (non-hydrogen) atoms. The summed E-state index contributed by atoms with van der Waals surface area (Å²) in [4.78, 5) is 10.5. The molecule has 0 spiro atoms. The van der Waals surface area contributed by atoms with E-state index in [4.69, 9.17) is 0 Å². The molecular weight excluding hydrogens is 274 g/mol. The van der Waals surface area contributed by atoms with Crippen LogP contribution in [-0.2, 0) is 12.9 Å². The molecule has 1 N–H and O–H groups in total. The first-order valence-electron chi connectivity index (χ1n) is 4.55. The van der Waals surface area contributed by atoms with E-state index in [2.05, 4.69) is 27.2 Å². The Labute approximate surface area is 103 Å². The normalized spacial score (nSPS) is 11.8. The Balaban J connectivity index is 2.51. The van der Waals surface area contributed by atoms with E-state index in [0.29, 0.717) is 0 Å². The van der Waals surface area contributed by atoms with Crippen molar-refractivity contribution < 1.29 is 17.6 Å². The summed E-state index contributed by atoms with van der Waals surface area (Å²) in [5.41, 5.74) is -0.0161. The van der Waals surface area contributed by atoms with E-state index in [1.54, 1.807) is 0 Å². The molecule has 0 aromatic carbocycles. The lowest BCUT2D eigenvalue weighted by atomic mass is 10.5. The highest BCUT2D eigenvalue weighted by atomic mass is 32.1. The third kappa shape index (κ3) is 2.37. The molecule has 2 rings (SSSR count). The van der Waals surface area contributed by atoms with E-state index in [1.807, 2.05) is 5.10 Å². The number of nitrogens with zero attached hydrogens (tertiary/aromatic N) is 4. The van der Waals surface area contributed by atoms with Crippen molar-refractivity contribution in [3.63, 3.8) is 0 Å². The fourth-order valence-corrected chi connectivity index (χ4v) is 1.40. The molecule has 0 unspecified atom stereocenters. The molecule has 10 heteroatoms. The van der Waals surface area contributed by atoms with E-state index in [1.165, 1.54) is 0 Å². The van der Waals surface area contributed by atoms with Crippen LogP contribution < -0.4 is 0 Å². The Hall–Kier alpha value is -1.84. The molecule has 0 aliphatic carbocycles. The van der Waals surface area contributed by atoms with Crippen LogP contribution in [0.1, 0.15) is 11.5 Å². The van der Waals surface area contributed by atoms with Crippen LogP contribution >= 0.6 is 12.2 Å². The van der Waals surface area contributed by atoms with Gasteiger partial charge in [-0.15, -0.1) is 0 Å². The standard InChI is InChI=1S/C8H5F4N5S/c9-1-4-2-13-3-5(14-4)17-7(18)15-6(16-17)8(10,11)12/h2-3H,1H2,(H,15,16,18). The Bertz CT molecular complexity index is 616. The van der Waals surface area contributed by atoms with E-state index < -0.39 is 18.7 Å². The fraction of sp³-hybridized carbons (Fsp3) is 0.250. The Morgan fingerprint density at radius 1 is 1.28 bits per heavy atom. The first kappa shape index (κ1) is 12.6. The van der Waals surface area contributed by atoms with Crippen LogP contribution in [0.5, 0.6) is 0 Å². The number of rotatable bonds is 2. The summed E-state index contributed by atoms with van der Waals surface area (Å²) in [6, 6.07) is 0. The molecule has 2 aromatic heterocycles. The molecule has 96 valence electrons. The van der Waals surface area contributed by atoms with Gasteiger partial charge in [-0.2, -0.15) is 18.2 Å². The van der Waals surface area contributed by atoms with Crippen molar-refractivity contribution in [2.24, 2.45) is 0 Å². The molecule has 0 aliphatic heterocycles. The number of nitrogens with one attached hydrogen (secondary N) is 1. The second-order valence-corrected chi connectivity index (χ2v) is 3.56. The predicted octanol–water partition coefficient (Wildman–Crippen LogP) is 2.21. The number of halogens is 4. The highest BCUT2D eigenvalue weighted by molar-refractivity contribution is 7.71. The summed E-state index contributed by atoms with van der Waals surface area (Å²) in [6.45, 7) is -0.881. The zero-order valence-corrected chi connectivity index (χ0v) is 9.39. The van der Waals surface area contributed by atoms with Gasteiger partial charge in [0.2, 0.25) is 10.6 Å². The Morgan fingerprint density at radius 2 is 2.00 bits per heavy atom. The molecule has 2 aromatic rings. The van der Waals surface area contributed by atoms with Crippen molar-refractivity contribution in [1.29, 1.82) is 0 Å². The molecule has 5 nitrogen and oxygen atoms in total. The lowest BCUT2D eigenvalue weighted by Crippen LogP contribution is -2.09. The lowest BCUT2D eigenvalue weighted by molar-refractivity contribution is -0.144. The molecule has 2 heterocycles. The van der Waals surface area contributed by atoms with E-state index in [9.17, 15) is 17.6 Å². The van der Waals surface area contributed by atoms with Crippen molar-refractivity contribution in [2.45, 2.75) is 12.9 Å². The largest absolute Gasteiger partial charge is 0.451 e. The van der Waals surface area contributed by atoms with Crippen molar-refractivity contribution in [3.8, 4) is 5.82 Å². The number of alkyl halides is 4. The monoisotopic (exact) mass is 279 g/mol. The lowest BCUT2D eigenvalue weighted by Gasteiger charge is -2.02. The van der Waals surface area contributed by atoms with Gasteiger partial charge in [-0.3, -0.25) is 10.1 Å². The Morgan fingerprint density at radius 3 is 2.56 bits per heavy atom. The van der Waals surface area contributed by atoms with E-state index >= 15 is 0 Å². The van der Waals surface area contributed by atoms with Crippen LogP contribution in [0.3, 0.4) is 0 Å². The minimum absolute atomic E-state index is 0.0161. The van der Waals surface area contributed by atoms with Crippen molar-refractivity contribution in [1.82, 2.24) is 24.7 Å². The second kappa shape index (κ2) is 4.44. The maximum absolute atomic E-state index is 12.4. The van der Waals surface area contributed by atoms with Crippen LogP contribution in [0.15, 0.2) is 12.4 Å². The van der Waals surface area contributed by atoms with Gasteiger partial charge in [-0.05, 0) is 12.2 Å². The zero-order valence-electron chi connectivity index (χ0n) is 8.57. The summed E-state index contributed by atoms with van der Waals surface area (Å²) >= 11 is 4.66. The molecule has 0 saturated heterocycles. The molecule has 0 bridgehead atoms. The average molecular weight is 279 g/mol. The fourth-order valence-electron chi connectivity index (χ4n) is 1.17. The number of H-pyrrole nitrogens is 1. The van der Waals surface area contributed by atoms with Gasteiger partial charge in [0, 0.05) is 0 Å². The molecular formula is C8H5F4N5S. The summed E-state index contributed by atoms with van der Waals surface area (Å²) in [7, 11) is 0. The number of aromatic nitrogens is 5. The SMILES string of the molecule is FCc1cncc(-n2[nH]c(C(F)(F)F)nc2=S)n1. The molecule has 0 saturated carbocycles. The van der Waals surface area contributed by atoms with Crippen molar-refractivity contribution >= 4 is 12.2 Å². The van der Waals surface area contributed by atoms with Gasteiger partial charge in [-0.1, -0.05) is 0 Å². The maximum Gasteiger partial charge on any atom is 0.451 e. The highest BCUT2D eigenvalue weighted by Crippen LogP contribution is 2.26. The topological polar surface area (TPSA) is 59.4 Å². The van der Waals surface area contributed by atoms with Gasteiger partial charge in [0.25, 0.3) is 0 Å². The molecule has 0 fully saturated rings. The maximum atomic E-state index is 12.4. The molecule has 0 radical (unpaired) electrons. The summed E-state index contributed by atoms with van der Waals surface area (Å²) in [5.74, 6) is -1.31. The first-order chi connectivity index (χ1) is 8.41. The smallest absolute Gasteiger partial charge is 0.269 e. The number of hydrogen-bond donors (Lipinski definition) is 1. The second-order valence-electron chi connectivity index (χ2n) is 3.19. The van der Waals surface area contributed by atoms with Crippen molar-refractivity contribution in [2.75, 3.05) is 0 Å². The summed E-state index contributed by atoms with van der Waals surface area (Å²) < 4.78 is 50.0. The molecule has 0 amide bonds. The van der Waals surface area contributed by atoms with Gasteiger partial charge in [-0.25, -0.2) is 14.1 Å². The number of aromatic amines is 1. The Kier molecular flexibility index (Phi) is 3.11. The molecule has 0 atom stereocenters. The average Bonchev–Trinajstić information content (AvgIpc) is 2.71. The van der Waals surface area contributed by atoms with E-state index in [-0.39, 0.29) is 16.3 Å². The highest BCUT2D eigenvalue weighted by Gasteiger charge is 2.35. The zero-order chi connectivity index (χ0) is 13.3. The first-order valence-corrected chi connectivity index (χ1v) is 4.96. The van der Waals surface area contributed by atoms with Gasteiger partial charge in [0.1, 0.15) is 6.67 Å². The van der Waals surface area contributed by atoms with Gasteiger partial charge in [0.05, 0.1) is 18.1 Å². The summed E-state index contributed by atoms with van der Waals surface area (Å²) in [5, 5.41) is 1.94. The van der Waals surface area contributed by atoms with Crippen LogP contribution in [0.2, 0.25) is 0 Å². The van der Waals surface area contributed by atoms with Crippen LogP contribution in [0.25, 0.3) is 5.82 Å². The van der Waals surface area contributed by atoms with Gasteiger partial charge < -0.3 is 0 Å². The number of hydrogen-bond acceptors (Lipinski definition) is 4. The van der Waals surface area contributed by atoms with Crippen LogP contribution in [0, 0.1) is 4.77 Å². The third-order valence-corrected chi connectivity index (χ3v) is 2.20. The van der Waals surface area contributed by atoms with Crippen molar-refractivity contribution in [3.05, 3.63) is 28.7 Å². The molecule has 0 aliphatic rings. The van der Waals surface area contributed by atoms with Crippen LogP contribution in [-0.4, -0.2) is 24.7 Å². The predicted molar refractivity (Wildman–Crippen MR) is 54.2 cm³/mol. The minimum Gasteiger partial charge on any atom is -0.269 e.